The first-order chi connectivity index (χ1) is 14.1. The van der Waals surface area contributed by atoms with Gasteiger partial charge in [-0.15, -0.1) is 0 Å². The van der Waals surface area contributed by atoms with Crippen molar-refractivity contribution in [2.24, 2.45) is 0 Å². The molecule has 2 amide bonds. The molecule has 0 N–H and O–H groups in total. The van der Waals surface area contributed by atoms with Gasteiger partial charge in [-0.1, -0.05) is 18.2 Å². The number of amides is 2. The van der Waals surface area contributed by atoms with E-state index >= 15 is 0 Å². The normalized spacial score (nSPS) is 19.2. The van der Waals surface area contributed by atoms with Crippen molar-refractivity contribution >= 4 is 17.5 Å². The molecule has 152 valence electrons. The largest absolute Gasteiger partial charge is 0.335 e. The Morgan fingerprint density at radius 3 is 2.52 bits per heavy atom. The molecule has 4 heterocycles. The van der Waals surface area contributed by atoms with Gasteiger partial charge in [-0.05, 0) is 44.4 Å². The molecule has 0 unspecified atom stereocenters. The number of carbonyl (C=O) groups is 2. The number of hydrogen-bond acceptors (Lipinski definition) is 4. The van der Waals surface area contributed by atoms with Crippen molar-refractivity contribution in [2.75, 3.05) is 44.7 Å². The Kier molecular flexibility index (Phi) is 4.62. The number of nitrogens with zero attached hydrogens (tertiary/aromatic N) is 5. The van der Waals surface area contributed by atoms with Crippen molar-refractivity contribution in [3.63, 3.8) is 0 Å². The number of rotatable bonds is 2. The van der Waals surface area contributed by atoms with Gasteiger partial charge in [-0.2, -0.15) is 0 Å². The van der Waals surface area contributed by atoms with Gasteiger partial charge in [0, 0.05) is 45.0 Å². The lowest BCUT2D eigenvalue weighted by molar-refractivity contribution is 0.0657. The minimum absolute atomic E-state index is 0.0235. The molecule has 0 saturated carbocycles. The van der Waals surface area contributed by atoms with Gasteiger partial charge in [0.15, 0.2) is 0 Å². The highest BCUT2D eigenvalue weighted by atomic mass is 16.2. The van der Waals surface area contributed by atoms with Crippen LogP contribution in [-0.4, -0.2) is 70.9 Å². The molecule has 1 aromatic carbocycles. The molecule has 7 nitrogen and oxygen atoms in total. The molecule has 0 bridgehead atoms. The number of para-hydroxylation sites is 1. The van der Waals surface area contributed by atoms with Gasteiger partial charge >= 0.3 is 0 Å². The fraction of sp³-hybridized carbons (Fsp3) is 0.500. The maximum Gasteiger partial charge on any atom is 0.294 e. The van der Waals surface area contributed by atoms with Gasteiger partial charge in [-0.25, -0.2) is 4.98 Å². The molecule has 1 aromatic heterocycles. The number of hydrogen-bond donors (Lipinski definition) is 0. The topological polar surface area (TPSA) is 61.7 Å². The zero-order chi connectivity index (χ0) is 20.0. The summed E-state index contributed by atoms with van der Waals surface area (Å²) in [6.45, 7) is 4.60. The van der Waals surface area contributed by atoms with Crippen molar-refractivity contribution < 1.29 is 9.59 Å². The molecule has 29 heavy (non-hydrogen) atoms. The Hall–Kier alpha value is -2.67. The first kappa shape index (κ1) is 18.4. The van der Waals surface area contributed by atoms with E-state index in [0.29, 0.717) is 31.2 Å². The van der Waals surface area contributed by atoms with Crippen LogP contribution in [-0.2, 0) is 19.4 Å². The van der Waals surface area contributed by atoms with E-state index in [-0.39, 0.29) is 11.8 Å². The predicted molar refractivity (Wildman–Crippen MR) is 110 cm³/mol. The van der Waals surface area contributed by atoms with Crippen molar-refractivity contribution in [3.05, 3.63) is 47.0 Å². The molecule has 0 aliphatic carbocycles. The third-order valence-electron chi connectivity index (χ3n) is 6.43. The summed E-state index contributed by atoms with van der Waals surface area (Å²) in [6, 6.07) is 8.05. The van der Waals surface area contributed by atoms with E-state index in [9.17, 15) is 9.59 Å². The second-order valence-electron chi connectivity index (χ2n) is 8.27. The van der Waals surface area contributed by atoms with Crippen molar-refractivity contribution in [3.8, 4) is 0 Å². The van der Waals surface area contributed by atoms with E-state index in [0.717, 1.165) is 56.7 Å². The molecule has 5 rings (SSSR count). The van der Waals surface area contributed by atoms with Gasteiger partial charge in [-0.3, -0.25) is 9.59 Å². The van der Waals surface area contributed by atoms with Crippen molar-refractivity contribution in [2.45, 2.75) is 32.2 Å². The van der Waals surface area contributed by atoms with Crippen LogP contribution in [0.5, 0.6) is 0 Å². The predicted octanol–water partition coefficient (Wildman–Crippen LogP) is 1.81. The van der Waals surface area contributed by atoms with E-state index in [1.165, 1.54) is 5.56 Å². The molecular formula is C22H27N5O2. The van der Waals surface area contributed by atoms with Crippen molar-refractivity contribution in [1.29, 1.82) is 0 Å². The number of carbonyl (C=O) groups excluding carboxylic acids is 2. The highest BCUT2D eigenvalue weighted by Gasteiger charge is 2.34. The molecule has 1 saturated heterocycles. The van der Waals surface area contributed by atoms with E-state index < -0.39 is 0 Å². The first-order valence-corrected chi connectivity index (χ1v) is 10.6. The first-order valence-electron chi connectivity index (χ1n) is 10.6. The summed E-state index contributed by atoms with van der Waals surface area (Å²) < 4.78 is 2.01. The molecule has 0 spiro atoms. The van der Waals surface area contributed by atoms with E-state index in [1.54, 1.807) is 0 Å². The average molecular weight is 393 g/mol. The standard InChI is InChI=1S/C22H27N5O2/c1-24-12-14-25(15-13-24)21(28)19-18-8-4-5-10-26(18)20(23-19)22(29)27-11-9-16-6-2-3-7-17(16)27/h2-3,6-7H,4-5,8-15H2,1H3. The quantitative estimate of drug-likeness (QED) is 0.781. The van der Waals surface area contributed by atoms with E-state index in [1.807, 2.05) is 32.6 Å². The summed E-state index contributed by atoms with van der Waals surface area (Å²) >= 11 is 0. The molecule has 1 fully saturated rings. The lowest BCUT2D eigenvalue weighted by Gasteiger charge is -2.32. The van der Waals surface area contributed by atoms with E-state index in [4.69, 9.17) is 0 Å². The Morgan fingerprint density at radius 1 is 0.897 bits per heavy atom. The molecular weight excluding hydrogens is 366 g/mol. The highest BCUT2D eigenvalue weighted by molar-refractivity contribution is 6.06. The molecule has 3 aliphatic rings. The molecule has 2 aromatic rings. The fourth-order valence-electron chi connectivity index (χ4n) is 4.71. The summed E-state index contributed by atoms with van der Waals surface area (Å²) in [4.78, 5) is 37.3. The average Bonchev–Trinajstić information content (AvgIpc) is 3.35. The van der Waals surface area contributed by atoms with Gasteiger partial charge in [0.1, 0.15) is 5.69 Å². The van der Waals surface area contributed by atoms with Crippen LogP contribution in [0.25, 0.3) is 0 Å². The van der Waals surface area contributed by atoms with Gasteiger partial charge < -0.3 is 19.3 Å². The smallest absolute Gasteiger partial charge is 0.294 e. The monoisotopic (exact) mass is 393 g/mol. The summed E-state index contributed by atoms with van der Waals surface area (Å²) in [5.41, 5.74) is 3.60. The minimum atomic E-state index is -0.0875. The van der Waals surface area contributed by atoms with Gasteiger partial charge in [0.25, 0.3) is 11.8 Å². The Morgan fingerprint density at radius 2 is 1.69 bits per heavy atom. The molecule has 3 aliphatic heterocycles. The Bertz CT molecular complexity index is 958. The number of piperazine rings is 1. The van der Waals surface area contributed by atoms with Crippen LogP contribution >= 0.6 is 0 Å². The van der Waals surface area contributed by atoms with Crippen LogP contribution in [0.1, 0.15) is 45.2 Å². The molecule has 7 heteroatoms. The number of anilines is 1. The number of aromatic nitrogens is 2. The molecule has 0 radical (unpaired) electrons. The zero-order valence-electron chi connectivity index (χ0n) is 16.9. The Balaban J connectivity index is 1.48. The summed E-state index contributed by atoms with van der Waals surface area (Å²) in [5, 5.41) is 0. The lowest BCUT2D eigenvalue weighted by atomic mass is 10.1. The maximum atomic E-state index is 13.4. The number of imidazole rings is 1. The second kappa shape index (κ2) is 7.30. The van der Waals surface area contributed by atoms with Crippen molar-refractivity contribution in [1.82, 2.24) is 19.4 Å². The minimum Gasteiger partial charge on any atom is -0.335 e. The maximum absolute atomic E-state index is 13.4. The third-order valence-corrected chi connectivity index (χ3v) is 6.43. The van der Waals surface area contributed by atoms with Gasteiger partial charge in [0.2, 0.25) is 5.82 Å². The van der Waals surface area contributed by atoms with Gasteiger partial charge in [0.05, 0.1) is 5.69 Å². The summed E-state index contributed by atoms with van der Waals surface area (Å²) in [7, 11) is 2.07. The summed E-state index contributed by atoms with van der Waals surface area (Å²) in [6.07, 6.45) is 3.73. The number of benzene rings is 1. The van der Waals surface area contributed by atoms with Crippen LogP contribution in [0.4, 0.5) is 5.69 Å². The third kappa shape index (κ3) is 3.13. The summed E-state index contributed by atoms with van der Waals surface area (Å²) in [5.74, 6) is 0.314. The van der Waals surface area contributed by atoms with Crippen LogP contribution in [0.2, 0.25) is 0 Å². The molecule has 0 atom stereocenters. The number of fused-ring (bicyclic) bond motifs is 2. The second-order valence-corrected chi connectivity index (χ2v) is 8.27. The number of likely N-dealkylation sites (N-methyl/N-ethyl adjacent to an activating group) is 1. The van der Waals surface area contributed by atoms with E-state index in [2.05, 4.69) is 23.0 Å². The van der Waals surface area contributed by atoms with Crippen LogP contribution in [0, 0.1) is 0 Å². The highest BCUT2D eigenvalue weighted by Crippen LogP contribution is 2.30. The van der Waals surface area contributed by atoms with Crippen LogP contribution in [0.15, 0.2) is 24.3 Å². The lowest BCUT2D eigenvalue weighted by Crippen LogP contribution is -2.47. The fourth-order valence-corrected chi connectivity index (χ4v) is 4.71. The van der Waals surface area contributed by atoms with Crippen LogP contribution < -0.4 is 4.90 Å². The Labute approximate surface area is 170 Å². The SMILES string of the molecule is CN1CCN(C(=O)c2nc(C(=O)N3CCc4ccccc43)n3c2CCCC3)CC1. The zero-order valence-corrected chi connectivity index (χ0v) is 16.9. The van der Waals surface area contributed by atoms with Crippen LogP contribution in [0.3, 0.4) is 0 Å².